The van der Waals surface area contributed by atoms with E-state index in [9.17, 15) is 4.79 Å². The maximum Gasteiger partial charge on any atom is 0.137 e. The molecule has 19 heavy (non-hydrogen) atoms. The van der Waals surface area contributed by atoms with Gasteiger partial charge in [0.25, 0.3) is 0 Å². The van der Waals surface area contributed by atoms with Crippen LogP contribution in [0.15, 0.2) is 0 Å². The summed E-state index contributed by atoms with van der Waals surface area (Å²) in [4.78, 5) is 14.7. The smallest absolute Gasteiger partial charge is 0.137 e. The molecule has 3 atom stereocenters. The molecule has 0 aromatic carbocycles. The van der Waals surface area contributed by atoms with Gasteiger partial charge in [-0.05, 0) is 49.5 Å². The first-order chi connectivity index (χ1) is 8.97. The van der Waals surface area contributed by atoms with E-state index in [0.717, 1.165) is 49.5 Å². The van der Waals surface area contributed by atoms with Gasteiger partial charge < -0.3 is 4.90 Å². The van der Waals surface area contributed by atoms with Crippen molar-refractivity contribution in [2.24, 2.45) is 29.6 Å². The minimum atomic E-state index is 0.326. The van der Waals surface area contributed by atoms with Crippen LogP contribution < -0.4 is 0 Å². The van der Waals surface area contributed by atoms with Crippen molar-refractivity contribution >= 4 is 5.78 Å². The highest BCUT2D eigenvalue weighted by Gasteiger charge is 2.33. The molecule has 1 saturated carbocycles. The van der Waals surface area contributed by atoms with Gasteiger partial charge in [-0.25, -0.2) is 0 Å². The number of carbonyl (C=O) groups is 1. The molecule has 0 bridgehead atoms. The number of hydrogen-bond donors (Lipinski definition) is 0. The van der Waals surface area contributed by atoms with Crippen molar-refractivity contribution in [2.75, 3.05) is 19.6 Å². The third-order valence-electron chi connectivity index (χ3n) is 5.48. The summed E-state index contributed by atoms with van der Waals surface area (Å²) in [7, 11) is 0. The molecule has 0 aromatic heterocycles. The molecule has 0 amide bonds. The summed E-state index contributed by atoms with van der Waals surface area (Å²) >= 11 is 0. The van der Waals surface area contributed by atoms with Crippen LogP contribution in [0.4, 0.5) is 0 Å². The zero-order chi connectivity index (χ0) is 14.0. The largest absolute Gasteiger partial charge is 0.302 e. The van der Waals surface area contributed by atoms with Crippen LogP contribution in [0.1, 0.15) is 53.4 Å². The van der Waals surface area contributed by atoms with Crippen LogP contribution in [0.2, 0.25) is 0 Å². The van der Waals surface area contributed by atoms with Gasteiger partial charge in [0.2, 0.25) is 0 Å². The highest BCUT2D eigenvalue weighted by Crippen LogP contribution is 2.33. The number of carbonyl (C=O) groups excluding carboxylic acids is 1. The molecule has 1 aliphatic carbocycles. The van der Waals surface area contributed by atoms with Gasteiger partial charge in [-0.1, -0.05) is 27.7 Å². The van der Waals surface area contributed by atoms with Gasteiger partial charge in [-0.2, -0.15) is 0 Å². The molecule has 1 heterocycles. The summed E-state index contributed by atoms with van der Waals surface area (Å²) in [6, 6.07) is 0. The molecule has 2 rings (SSSR count). The summed E-state index contributed by atoms with van der Waals surface area (Å²) in [6.07, 6.45) is 4.42. The van der Waals surface area contributed by atoms with Crippen molar-refractivity contribution in [1.82, 2.24) is 4.90 Å². The van der Waals surface area contributed by atoms with Crippen molar-refractivity contribution in [3.63, 3.8) is 0 Å². The normalized spacial score (nSPS) is 33.6. The van der Waals surface area contributed by atoms with E-state index in [0.29, 0.717) is 11.7 Å². The summed E-state index contributed by atoms with van der Waals surface area (Å²) in [5, 5.41) is 0. The Bertz CT molecular complexity index is 310. The van der Waals surface area contributed by atoms with E-state index in [-0.39, 0.29) is 0 Å². The van der Waals surface area contributed by atoms with E-state index in [1.807, 2.05) is 0 Å². The quantitative estimate of drug-likeness (QED) is 0.774. The SMILES string of the molecule is CC(C)C1CCC(=O)C(CN2CCC(C(C)C)C2)C1. The molecule has 2 heteroatoms. The third-order valence-corrected chi connectivity index (χ3v) is 5.48. The van der Waals surface area contributed by atoms with E-state index in [1.54, 1.807) is 0 Å². The molecule has 1 saturated heterocycles. The number of nitrogens with zero attached hydrogens (tertiary/aromatic N) is 1. The van der Waals surface area contributed by atoms with Gasteiger partial charge in [-0.3, -0.25) is 4.79 Å². The second-order valence-electron chi connectivity index (χ2n) is 7.49. The van der Waals surface area contributed by atoms with Crippen LogP contribution >= 0.6 is 0 Å². The van der Waals surface area contributed by atoms with Crippen molar-refractivity contribution in [3.8, 4) is 0 Å². The van der Waals surface area contributed by atoms with E-state index >= 15 is 0 Å². The van der Waals surface area contributed by atoms with Crippen molar-refractivity contribution in [1.29, 1.82) is 0 Å². The lowest BCUT2D eigenvalue weighted by molar-refractivity contribution is -0.126. The number of likely N-dealkylation sites (tertiary alicyclic amines) is 1. The molecule has 110 valence electrons. The molecule has 2 nitrogen and oxygen atoms in total. The monoisotopic (exact) mass is 265 g/mol. The fourth-order valence-corrected chi connectivity index (χ4v) is 3.81. The second kappa shape index (κ2) is 6.39. The van der Waals surface area contributed by atoms with Crippen LogP contribution in [-0.4, -0.2) is 30.3 Å². The summed E-state index contributed by atoms with van der Waals surface area (Å²) < 4.78 is 0. The Morgan fingerprint density at radius 2 is 1.79 bits per heavy atom. The number of ketones is 1. The fourth-order valence-electron chi connectivity index (χ4n) is 3.81. The molecule has 0 radical (unpaired) electrons. The minimum absolute atomic E-state index is 0.326. The van der Waals surface area contributed by atoms with Crippen LogP contribution in [0.5, 0.6) is 0 Å². The van der Waals surface area contributed by atoms with Crippen LogP contribution in [0.3, 0.4) is 0 Å². The van der Waals surface area contributed by atoms with Crippen molar-refractivity contribution < 1.29 is 4.79 Å². The Kier molecular flexibility index (Phi) is 5.05. The lowest BCUT2D eigenvalue weighted by atomic mass is 9.75. The van der Waals surface area contributed by atoms with Gasteiger partial charge in [0.1, 0.15) is 5.78 Å². The molecule has 0 aromatic rings. The van der Waals surface area contributed by atoms with E-state index in [4.69, 9.17) is 0 Å². The molecule has 2 aliphatic rings. The van der Waals surface area contributed by atoms with Gasteiger partial charge in [0.05, 0.1) is 0 Å². The number of hydrogen-bond acceptors (Lipinski definition) is 2. The topological polar surface area (TPSA) is 20.3 Å². The maximum atomic E-state index is 12.1. The molecular formula is C17H31NO. The number of Topliss-reactive ketones (excluding diaryl/α,β-unsaturated/α-hetero) is 1. The van der Waals surface area contributed by atoms with Gasteiger partial charge in [0.15, 0.2) is 0 Å². The molecule has 1 aliphatic heterocycles. The zero-order valence-corrected chi connectivity index (χ0v) is 13.2. The summed E-state index contributed by atoms with van der Waals surface area (Å²) in [5.74, 6) is 4.00. The van der Waals surface area contributed by atoms with E-state index in [1.165, 1.54) is 19.5 Å². The standard InChI is InChI=1S/C17H31NO/c1-12(2)14-5-6-17(19)16(9-14)11-18-8-7-15(10-18)13(3)4/h12-16H,5-11H2,1-4H3. The van der Waals surface area contributed by atoms with Gasteiger partial charge >= 0.3 is 0 Å². The van der Waals surface area contributed by atoms with Gasteiger partial charge in [-0.15, -0.1) is 0 Å². The predicted octanol–water partition coefficient (Wildman–Crippen LogP) is 3.61. The van der Waals surface area contributed by atoms with Crippen LogP contribution in [0.25, 0.3) is 0 Å². The predicted molar refractivity (Wildman–Crippen MR) is 80.1 cm³/mol. The Labute approximate surface area is 118 Å². The Morgan fingerprint density at radius 3 is 2.37 bits per heavy atom. The Hall–Kier alpha value is -0.370. The summed E-state index contributed by atoms with van der Waals surface area (Å²) in [6.45, 7) is 12.7. The first-order valence-corrected chi connectivity index (χ1v) is 8.22. The highest BCUT2D eigenvalue weighted by atomic mass is 16.1. The second-order valence-corrected chi connectivity index (χ2v) is 7.49. The highest BCUT2D eigenvalue weighted by molar-refractivity contribution is 5.82. The van der Waals surface area contributed by atoms with Crippen molar-refractivity contribution in [3.05, 3.63) is 0 Å². The van der Waals surface area contributed by atoms with Crippen molar-refractivity contribution in [2.45, 2.75) is 53.4 Å². The van der Waals surface area contributed by atoms with E-state index in [2.05, 4.69) is 32.6 Å². The van der Waals surface area contributed by atoms with Crippen LogP contribution in [0, 0.1) is 29.6 Å². The first kappa shape index (κ1) is 15.0. The molecular weight excluding hydrogens is 234 g/mol. The lowest BCUT2D eigenvalue weighted by Gasteiger charge is -2.33. The first-order valence-electron chi connectivity index (χ1n) is 8.22. The fraction of sp³-hybridized carbons (Fsp3) is 0.941. The maximum absolute atomic E-state index is 12.1. The Balaban J connectivity index is 1.86. The minimum Gasteiger partial charge on any atom is -0.302 e. The Morgan fingerprint density at radius 1 is 1.11 bits per heavy atom. The molecule has 0 N–H and O–H groups in total. The average Bonchev–Trinajstić information content (AvgIpc) is 2.80. The van der Waals surface area contributed by atoms with E-state index < -0.39 is 0 Å². The average molecular weight is 265 g/mol. The van der Waals surface area contributed by atoms with Crippen LogP contribution in [-0.2, 0) is 4.79 Å². The zero-order valence-electron chi connectivity index (χ0n) is 13.2. The lowest BCUT2D eigenvalue weighted by Crippen LogP contribution is -2.36. The molecule has 3 unspecified atom stereocenters. The molecule has 0 spiro atoms. The summed E-state index contributed by atoms with van der Waals surface area (Å²) in [5.41, 5.74) is 0. The molecule has 2 fully saturated rings. The van der Waals surface area contributed by atoms with Gasteiger partial charge in [0, 0.05) is 25.4 Å². The third kappa shape index (κ3) is 3.81. The number of rotatable bonds is 4.